The number of hydrogen-bond acceptors (Lipinski definition) is 8. The molecule has 6 rings (SSSR count). The maximum atomic E-state index is 13.2. The van der Waals surface area contributed by atoms with Gasteiger partial charge in [-0.1, -0.05) is 18.2 Å². The van der Waals surface area contributed by atoms with Crippen LogP contribution in [-0.2, 0) is 0 Å². The Morgan fingerprint density at radius 1 is 1.20 bits per heavy atom. The lowest BCUT2D eigenvalue weighted by atomic mass is 9.99. The lowest BCUT2D eigenvalue weighted by Gasteiger charge is -2.29. The van der Waals surface area contributed by atoms with Crippen LogP contribution in [0.25, 0.3) is 11.3 Å². The molecule has 2 N–H and O–H groups in total. The summed E-state index contributed by atoms with van der Waals surface area (Å²) in [7, 11) is 1.72. The Hall–Kier alpha value is -3.96. The van der Waals surface area contributed by atoms with E-state index in [1.54, 1.807) is 29.3 Å². The Bertz CT molecular complexity index is 1270. The Labute approximate surface area is 201 Å². The van der Waals surface area contributed by atoms with Crippen LogP contribution in [-0.4, -0.2) is 82.5 Å². The first-order valence-electron chi connectivity index (χ1n) is 11.5. The molecule has 0 bridgehead atoms. The summed E-state index contributed by atoms with van der Waals surface area (Å²) in [6.07, 6.45) is 5.58. The third kappa shape index (κ3) is 3.60. The van der Waals surface area contributed by atoms with Gasteiger partial charge < -0.3 is 4.42 Å². The highest BCUT2D eigenvalue weighted by molar-refractivity contribution is 6.12. The minimum Gasteiger partial charge on any atom is -0.463 e. The van der Waals surface area contributed by atoms with Gasteiger partial charge in [0.2, 0.25) is 6.29 Å². The first-order chi connectivity index (χ1) is 17.0. The number of aliphatic imine (C=N–C) groups is 2. The van der Waals surface area contributed by atoms with Crippen molar-refractivity contribution in [1.82, 2.24) is 24.8 Å². The predicted octanol–water partition coefficient (Wildman–Crippen LogP) is 2.37. The monoisotopic (exact) mass is 476 g/mol. The van der Waals surface area contributed by atoms with Crippen LogP contribution < -0.4 is 5.84 Å². The van der Waals surface area contributed by atoms with E-state index in [4.69, 9.17) is 15.3 Å². The standard InChI is InChI=1S/C24H25FN8O2/c1-29-24(34)31(13-12-30-10-8-17(9-11-30)16-4-6-18(25)7-5-16)23-28-22-21(33(23)29)20(27-15-32(22)26)19-3-2-14-35-19/h2-8,14-15,23H,9-13,26H2,1H3. The predicted molar refractivity (Wildman–Crippen MR) is 129 cm³/mol. The highest BCUT2D eigenvalue weighted by Gasteiger charge is 2.51. The number of amides is 2. The second-order valence-corrected chi connectivity index (χ2v) is 8.76. The van der Waals surface area contributed by atoms with E-state index in [-0.39, 0.29) is 11.8 Å². The summed E-state index contributed by atoms with van der Waals surface area (Å²) < 4.78 is 18.8. The van der Waals surface area contributed by atoms with Gasteiger partial charge in [-0.3, -0.25) is 9.80 Å². The number of rotatable bonds is 5. The van der Waals surface area contributed by atoms with Gasteiger partial charge in [-0.15, -0.1) is 0 Å². The number of carbonyl (C=O) groups excluding carboxylic acids is 1. The third-order valence-electron chi connectivity index (χ3n) is 6.72. The number of nitrogens with zero attached hydrogens (tertiary/aromatic N) is 7. The van der Waals surface area contributed by atoms with Crippen LogP contribution in [0.5, 0.6) is 0 Å². The van der Waals surface area contributed by atoms with Crippen molar-refractivity contribution >= 4 is 29.5 Å². The van der Waals surface area contributed by atoms with Crippen molar-refractivity contribution in [2.45, 2.75) is 12.7 Å². The summed E-state index contributed by atoms with van der Waals surface area (Å²) in [5, 5.41) is 4.73. The van der Waals surface area contributed by atoms with E-state index in [9.17, 15) is 9.18 Å². The zero-order valence-electron chi connectivity index (χ0n) is 19.2. The van der Waals surface area contributed by atoms with Crippen molar-refractivity contribution < 1.29 is 13.6 Å². The molecule has 4 aliphatic rings. The lowest BCUT2D eigenvalue weighted by molar-refractivity contribution is 0.0846. The van der Waals surface area contributed by atoms with E-state index >= 15 is 0 Å². The van der Waals surface area contributed by atoms with Gasteiger partial charge in [-0.05, 0) is 41.8 Å². The molecule has 11 heteroatoms. The van der Waals surface area contributed by atoms with E-state index in [1.165, 1.54) is 29.1 Å². The number of furan rings is 1. The lowest BCUT2D eigenvalue weighted by Crippen LogP contribution is -2.44. The molecule has 5 heterocycles. The summed E-state index contributed by atoms with van der Waals surface area (Å²) in [5.74, 6) is 7.01. The largest absolute Gasteiger partial charge is 0.463 e. The summed E-state index contributed by atoms with van der Waals surface area (Å²) in [6.45, 7) is 2.85. The normalized spacial score (nSPS) is 22.1. The molecule has 2 aromatic rings. The number of hydrogen-bond donors (Lipinski definition) is 1. The molecule has 2 amide bonds. The van der Waals surface area contributed by atoms with Gasteiger partial charge in [0.05, 0.1) is 6.26 Å². The Kier molecular flexibility index (Phi) is 5.15. The Morgan fingerprint density at radius 2 is 2.03 bits per heavy atom. The molecule has 0 aliphatic carbocycles. The highest BCUT2D eigenvalue weighted by atomic mass is 19.1. The van der Waals surface area contributed by atoms with E-state index < -0.39 is 6.29 Å². The van der Waals surface area contributed by atoms with Crippen molar-refractivity contribution in [3.63, 3.8) is 0 Å². The van der Waals surface area contributed by atoms with Crippen LogP contribution in [0.2, 0.25) is 0 Å². The van der Waals surface area contributed by atoms with Crippen molar-refractivity contribution in [3.8, 4) is 0 Å². The van der Waals surface area contributed by atoms with Crippen molar-refractivity contribution in [3.05, 3.63) is 71.6 Å². The molecule has 35 heavy (non-hydrogen) atoms. The number of urea groups is 1. The molecular weight excluding hydrogens is 451 g/mol. The smallest absolute Gasteiger partial charge is 0.341 e. The average molecular weight is 477 g/mol. The molecular formula is C24H25FN8O2. The molecule has 1 saturated heterocycles. The van der Waals surface area contributed by atoms with Gasteiger partial charge in [0.1, 0.15) is 23.5 Å². The highest BCUT2D eigenvalue weighted by Crippen LogP contribution is 2.38. The number of fused-ring (bicyclic) bond motifs is 3. The van der Waals surface area contributed by atoms with Gasteiger partial charge in [-0.2, -0.15) is 0 Å². The molecule has 1 atom stereocenters. The topological polar surface area (TPSA) is 97.1 Å². The molecule has 10 nitrogen and oxygen atoms in total. The number of hydrazine groups is 2. The van der Waals surface area contributed by atoms with E-state index in [1.807, 2.05) is 23.2 Å². The molecule has 0 radical (unpaired) electrons. The molecule has 1 aromatic carbocycles. The van der Waals surface area contributed by atoms with Gasteiger partial charge in [-0.25, -0.2) is 40.0 Å². The summed E-state index contributed by atoms with van der Waals surface area (Å²) in [4.78, 5) is 26.4. The third-order valence-corrected chi connectivity index (χ3v) is 6.72. The quantitative estimate of drug-likeness (QED) is 0.666. The summed E-state index contributed by atoms with van der Waals surface area (Å²) in [5.41, 5.74) is 3.49. The summed E-state index contributed by atoms with van der Waals surface area (Å²) >= 11 is 0. The second kappa shape index (κ2) is 8.36. The second-order valence-electron chi connectivity index (χ2n) is 8.76. The van der Waals surface area contributed by atoms with E-state index in [0.29, 0.717) is 36.1 Å². The molecule has 180 valence electrons. The fourth-order valence-electron chi connectivity index (χ4n) is 4.86. The van der Waals surface area contributed by atoms with Crippen LogP contribution in [0.4, 0.5) is 9.18 Å². The Balaban J connectivity index is 1.18. The molecule has 1 unspecified atom stereocenters. The maximum absolute atomic E-state index is 13.2. The zero-order chi connectivity index (χ0) is 24.1. The van der Waals surface area contributed by atoms with Crippen molar-refractivity contribution in [2.24, 2.45) is 15.8 Å². The number of carbonyl (C=O) groups is 1. The van der Waals surface area contributed by atoms with E-state index in [0.717, 1.165) is 25.1 Å². The molecule has 1 aromatic heterocycles. The van der Waals surface area contributed by atoms with Crippen LogP contribution in [0.3, 0.4) is 0 Å². The van der Waals surface area contributed by atoms with Gasteiger partial charge in [0.25, 0.3) is 0 Å². The fourth-order valence-corrected chi connectivity index (χ4v) is 4.86. The Morgan fingerprint density at radius 3 is 2.74 bits per heavy atom. The minimum absolute atomic E-state index is 0.137. The minimum atomic E-state index is -0.537. The molecule has 0 spiro atoms. The van der Waals surface area contributed by atoms with Crippen LogP contribution >= 0.6 is 0 Å². The molecule has 1 fully saturated rings. The zero-order valence-corrected chi connectivity index (χ0v) is 19.2. The van der Waals surface area contributed by atoms with E-state index in [2.05, 4.69) is 16.0 Å². The van der Waals surface area contributed by atoms with Gasteiger partial charge in [0.15, 0.2) is 11.6 Å². The molecule has 0 saturated carbocycles. The van der Waals surface area contributed by atoms with Crippen LogP contribution in [0.1, 0.15) is 17.7 Å². The van der Waals surface area contributed by atoms with Crippen LogP contribution in [0, 0.1) is 5.82 Å². The number of benzene rings is 1. The fraction of sp³-hybridized carbons (Fsp3) is 0.292. The SMILES string of the molecule is CN1C(=O)N(CCN2CC=C(c3ccc(F)cc3)CC2)C2N=C3C(=C(c4ccco4)N=CN3N)N21. The van der Waals surface area contributed by atoms with Gasteiger partial charge >= 0.3 is 6.03 Å². The van der Waals surface area contributed by atoms with Crippen molar-refractivity contribution in [2.75, 3.05) is 33.2 Å². The van der Waals surface area contributed by atoms with Crippen molar-refractivity contribution in [1.29, 1.82) is 0 Å². The average Bonchev–Trinajstić information content (AvgIpc) is 3.58. The first kappa shape index (κ1) is 21.6. The molecule has 4 aliphatic heterocycles. The van der Waals surface area contributed by atoms with Crippen LogP contribution in [0.15, 0.2) is 68.8 Å². The number of halogens is 1. The number of amidine groups is 1. The first-order valence-corrected chi connectivity index (χ1v) is 11.5. The number of nitrogens with two attached hydrogens (primary N) is 1. The maximum Gasteiger partial charge on any atom is 0.341 e. The summed E-state index contributed by atoms with van der Waals surface area (Å²) in [6, 6.07) is 10.1. The van der Waals surface area contributed by atoms with Gasteiger partial charge in [0, 0.05) is 33.2 Å².